The molecular weight excluding hydrogens is 342 g/mol. The van der Waals surface area contributed by atoms with Crippen molar-refractivity contribution in [2.24, 2.45) is 5.10 Å². The number of amides is 1. The maximum Gasteiger partial charge on any atom is 0.269 e. The highest BCUT2D eigenvalue weighted by atomic mass is 32.2. The summed E-state index contributed by atoms with van der Waals surface area (Å²) in [6.07, 6.45) is 1.42. The fourth-order valence-corrected chi connectivity index (χ4v) is 2.70. The molecule has 0 unspecified atom stereocenters. The molecule has 0 radical (unpaired) electrons. The number of fused-ring (bicyclic) bond motifs is 1. The van der Waals surface area contributed by atoms with Gasteiger partial charge < -0.3 is 4.98 Å². The van der Waals surface area contributed by atoms with Gasteiger partial charge in [0.1, 0.15) is 0 Å². The Balaban J connectivity index is 1.49. The van der Waals surface area contributed by atoms with Gasteiger partial charge in [-0.25, -0.2) is 10.4 Å². The quantitative estimate of drug-likeness (QED) is 0.305. The first-order valence-electron chi connectivity index (χ1n) is 7.26. The molecule has 2 aromatic carbocycles. The summed E-state index contributed by atoms with van der Waals surface area (Å²) in [7, 11) is 0. The van der Waals surface area contributed by atoms with Crippen LogP contribution in [0, 0.1) is 10.1 Å². The number of carbonyl (C=O) groups excluding carboxylic acids is 1. The zero-order valence-corrected chi connectivity index (χ0v) is 13.7. The van der Waals surface area contributed by atoms with E-state index >= 15 is 0 Å². The molecule has 1 aromatic heterocycles. The van der Waals surface area contributed by atoms with Crippen molar-refractivity contribution in [2.45, 2.75) is 5.16 Å². The van der Waals surface area contributed by atoms with Gasteiger partial charge in [-0.15, -0.1) is 0 Å². The Labute approximate surface area is 146 Å². The van der Waals surface area contributed by atoms with Crippen molar-refractivity contribution in [3.63, 3.8) is 0 Å². The fraction of sp³-hybridized carbons (Fsp3) is 0.0625. The Morgan fingerprint density at radius 1 is 1.28 bits per heavy atom. The minimum atomic E-state index is -0.474. The second-order valence-electron chi connectivity index (χ2n) is 4.99. The van der Waals surface area contributed by atoms with E-state index in [1.165, 1.54) is 30.1 Å². The van der Waals surface area contributed by atoms with Gasteiger partial charge in [0.25, 0.3) is 11.6 Å². The molecule has 1 heterocycles. The number of para-hydroxylation sites is 2. The van der Waals surface area contributed by atoms with Gasteiger partial charge in [0.05, 0.1) is 27.9 Å². The summed E-state index contributed by atoms with van der Waals surface area (Å²) in [4.78, 5) is 29.4. The number of non-ortho nitro benzene ring substituents is 1. The standard InChI is InChI=1S/C16H13N5O3S/c22-15(10-25-16-18-13-3-1-2-4-14(13)19-16)20-17-9-11-5-7-12(8-6-11)21(23)24/h1-9H,10H2,(H,18,19)(H,20,22)/b17-9-. The number of hydrogen-bond acceptors (Lipinski definition) is 6. The van der Waals surface area contributed by atoms with Crippen LogP contribution >= 0.6 is 11.8 Å². The van der Waals surface area contributed by atoms with E-state index in [4.69, 9.17) is 0 Å². The van der Waals surface area contributed by atoms with E-state index < -0.39 is 4.92 Å². The third-order valence-corrected chi connectivity index (χ3v) is 4.09. The Kier molecular flexibility index (Phi) is 5.05. The van der Waals surface area contributed by atoms with Crippen LogP contribution in [0.3, 0.4) is 0 Å². The van der Waals surface area contributed by atoms with Crippen LogP contribution in [0.25, 0.3) is 11.0 Å². The minimum absolute atomic E-state index is 0.00317. The van der Waals surface area contributed by atoms with Gasteiger partial charge >= 0.3 is 0 Å². The van der Waals surface area contributed by atoms with E-state index in [0.29, 0.717) is 10.7 Å². The van der Waals surface area contributed by atoms with Crippen LogP contribution in [0.5, 0.6) is 0 Å². The number of benzene rings is 2. The third-order valence-electron chi connectivity index (χ3n) is 3.21. The van der Waals surface area contributed by atoms with Gasteiger partial charge in [-0.3, -0.25) is 14.9 Å². The van der Waals surface area contributed by atoms with Gasteiger partial charge in [0, 0.05) is 12.1 Å². The van der Waals surface area contributed by atoms with Crippen molar-refractivity contribution >= 4 is 40.6 Å². The topological polar surface area (TPSA) is 113 Å². The average Bonchev–Trinajstić information content (AvgIpc) is 3.03. The van der Waals surface area contributed by atoms with Crippen molar-refractivity contribution in [3.05, 3.63) is 64.2 Å². The van der Waals surface area contributed by atoms with Crippen molar-refractivity contribution in [2.75, 3.05) is 5.75 Å². The molecule has 9 heteroatoms. The van der Waals surface area contributed by atoms with Gasteiger partial charge in [-0.05, 0) is 29.8 Å². The lowest BCUT2D eigenvalue weighted by Crippen LogP contribution is -2.19. The third kappa shape index (κ3) is 4.42. The van der Waals surface area contributed by atoms with Crippen LogP contribution < -0.4 is 5.43 Å². The van der Waals surface area contributed by atoms with E-state index in [9.17, 15) is 14.9 Å². The number of thioether (sulfide) groups is 1. The van der Waals surface area contributed by atoms with Crippen LogP contribution in [-0.4, -0.2) is 32.8 Å². The molecule has 126 valence electrons. The summed E-state index contributed by atoms with van der Waals surface area (Å²) in [5.41, 5.74) is 4.83. The highest BCUT2D eigenvalue weighted by Crippen LogP contribution is 2.18. The first-order chi connectivity index (χ1) is 12.1. The maximum atomic E-state index is 11.8. The highest BCUT2D eigenvalue weighted by Gasteiger charge is 2.06. The Morgan fingerprint density at radius 3 is 2.76 bits per heavy atom. The number of nitrogens with one attached hydrogen (secondary N) is 2. The summed E-state index contributed by atoms with van der Waals surface area (Å²) in [6, 6.07) is 13.5. The molecule has 8 nitrogen and oxygen atoms in total. The van der Waals surface area contributed by atoms with E-state index in [-0.39, 0.29) is 17.3 Å². The number of nitro benzene ring substituents is 1. The molecule has 0 saturated carbocycles. The number of carbonyl (C=O) groups is 1. The van der Waals surface area contributed by atoms with E-state index in [2.05, 4.69) is 20.5 Å². The first-order valence-corrected chi connectivity index (χ1v) is 8.24. The number of nitro groups is 1. The van der Waals surface area contributed by atoms with E-state index in [1.54, 1.807) is 12.1 Å². The Hall–Kier alpha value is -3.20. The molecule has 1 amide bonds. The zero-order chi connectivity index (χ0) is 17.6. The van der Waals surface area contributed by atoms with Crippen molar-refractivity contribution in [1.29, 1.82) is 0 Å². The number of imidazole rings is 1. The predicted octanol–water partition coefficient (Wildman–Crippen LogP) is 2.71. The van der Waals surface area contributed by atoms with Gasteiger partial charge in [-0.2, -0.15) is 5.10 Å². The van der Waals surface area contributed by atoms with Crippen LogP contribution in [0.2, 0.25) is 0 Å². The Morgan fingerprint density at radius 2 is 2.04 bits per heavy atom. The lowest BCUT2D eigenvalue weighted by molar-refractivity contribution is -0.384. The van der Waals surface area contributed by atoms with Gasteiger partial charge in [-0.1, -0.05) is 23.9 Å². The Bertz CT molecular complexity index is 903. The van der Waals surface area contributed by atoms with E-state index in [1.807, 2.05) is 24.3 Å². The monoisotopic (exact) mass is 355 g/mol. The van der Waals surface area contributed by atoms with Crippen LogP contribution in [0.1, 0.15) is 5.56 Å². The second kappa shape index (κ2) is 7.58. The molecule has 0 aliphatic carbocycles. The zero-order valence-electron chi connectivity index (χ0n) is 12.9. The molecule has 3 aromatic rings. The maximum absolute atomic E-state index is 11.8. The lowest BCUT2D eigenvalue weighted by Gasteiger charge is -1.98. The van der Waals surface area contributed by atoms with Crippen molar-refractivity contribution < 1.29 is 9.72 Å². The van der Waals surface area contributed by atoms with Crippen LogP contribution in [-0.2, 0) is 4.79 Å². The summed E-state index contributed by atoms with van der Waals surface area (Å²) < 4.78 is 0. The average molecular weight is 355 g/mol. The molecule has 0 bridgehead atoms. The molecule has 0 fully saturated rings. The summed E-state index contributed by atoms with van der Waals surface area (Å²) in [6.45, 7) is 0. The molecule has 3 rings (SSSR count). The number of hydrazone groups is 1. The number of rotatable bonds is 6. The SMILES string of the molecule is O=C(CSc1nc2ccccc2[nH]1)N/N=C\c1ccc([N+](=O)[O-])cc1. The van der Waals surface area contributed by atoms with Crippen LogP contribution in [0.15, 0.2) is 58.8 Å². The van der Waals surface area contributed by atoms with Gasteiger partial charge in [0.15, 0.2) is 5.16 Å². The minimum Gasteiger partial charge on any atom is -0.333 e. The smallest absolute Gasteiger partial charge is 0.269 e. The predicted molar refractivity (Wildman–Crippen MR) is 95.7 cm³/mol. The number of H-pyrrole nitrogens is 1. The molecular formula is C16H13N5O3S. The molecule has 0 saturated heterocycles. The molecule has 25 heavy (non-hydrogen) atoms. The fourth-order valence-electron chi connectivity index (χ4n) is 2.02. The molecule has 0 atom stereocenters. The number of aromatic nitrogens is 2. The normalized spacial score (nSPS) is 11.0. The molecule has 0 aliphatic heterocycles. The molecule has 0 spiro atoms. The first kappa shape index (κ1) is 16.7. The lowest BCUT2D eigenvalue weighted by atomic mass is 10.2. The number of hydrogen-bond donors (Lipinski definition) is 2. The summed E-state index contributed by atoms with van der Waals surface area (Å²) in [5.74, 6) is -0.110. The van der Waals surface area contributed by atoms with E-state index in [0.717, 1.165) is 11.0 Å². The van der Waals surface area contributed by atoms with Crippen molar-refractivity contribution in [1.82, 2.24) is 15.4 Å². The summed E-state index contributed by atoms with van der Waals surface area (Å²) >= 11 is 1.28. The molecule has 0 aliphatic rings. The summed E-state index contributed by atoms with van der Waals surface area (Å²) in [5, 5.41) is 15.1. The largest absolute Gasteiger partial charge is 0.333 e. The van der Waals surface area contributed by atoms with Crippen molar-refractivity contribution in [3.8, 4) is 0 Å². The van der Waals surface area contributed by atoms with Gasteiger partial charge in [0.2, 0.25) is 0 Å². The molecule has 2 N–H and O–H groups in total. The number of aromatic amines is 1. The van der Waals surface area contributed by atoms with Crippen LogP contribution in [0.4, 0.5) is 5.69 Å². The highest BCUT2D eigenvalue weighted by molar-refractivity contribution is 7.99. The number of nitrogens with zero attached hydrogens (tertiary/aromatic N) is 3. The second-order valence-corrected chi connectivity index (χ2v) is 5.95.